The highest BCUT2D eigenvalue weighted by molar-refractivity contribution is 9.10. The molecule has 0 spiro atoms. The summed E-state index contributed by atoms with van der Waals surface area (Å²) in [5, 5.41) is 6.69. The average molecular weight is 375 g/mol. The Labute approximate surface area is 142 Å². The van der Waals surface area contributed by atoms with E-state index < -0.39 is 0 Å². The van der Waals surface area contributed by atoms with Crippen molar-refractivity contribution in [1.82, 2.24) is 10.4 Å². The molecule has 0 aliphatic heterocycles. The first kappa shape index (κ1) is 16.8. The zero-order valence-electron chi connectivity index (χ0n) is 12.4. The highest BCUT2D eigenvalue weighted by Gasteiger charge is 2.07. The fourth-order valence-electron chi connectivity index (χ4n) is 1.76. The van der Waals surface area contributed by atoms with E-state index in [-0.39, 0.29) is 18.2 Å². The molecule has 23 heavy (non-hydrogen) atoms. The number of nitrogens with zero attached hydrogens (tertiary/aromatic N) is 2. The van der Waals surface area contributed by atoms with Crippen molar-refractivity contribution in [3.8, 4) is 0 Å². The fourth-order valence-corrected chi connectivity index (χ4v) is 2.16. The van der Waals surface area contributed by atoms with Crippen molar-refractivity contribution in [2.75, 3.05) is 5.32 Å². The second kappa shape index (κ2) is 8.19. The number of carbonyl (C=O) groups is 2. The number of benzene rings is 1. The molecule has 6 nitrogen and oxygen atoms in total. The van der Waals surface area contributed by atoms with Crippen molar-refractivity contribution in [2.45, 2.75) is 13.3 Å². The molecule has 118 valence electrons. The number of hydrogen-bond acceptors (Lipinski definition) is 4. The predicted molar refractivity (Wildman–Crippen MR) is 92.2 cm³/mol. The molecule has 0 fully saturated rings. The summed E-state index contributed by atoms with van der Waals surface area (Å²) in [6.45, 7) is 1.67. The van der Waals surface area contributed by atoms with Gasteiger partial charge in [0.1, 0.15) is 0 Å². The summed E-state index contributed by atoms with van der Waals surface area (Å²) >= 11 is 3.34. The first-order chi connectivity index (χ1) is 11.0. The van der Waals surface area contributed by atoms with Crippen LogP contribution in [0.2, 0.25) is 0 Å². The summed E-state index contributed by atoms with van der Waals surface area (Å²) in [7, 11) is 0. The van der Waals surface area contributed by atoms with E-state index in [0.717, 1.165) is 4.47 Å². The number of rotatable bonds is 5. The third-order valence-corrected chi connectivity index (χ3v) is 3.31. The van der Waals surface area contributed by atoms with Gasteiger partial charge in [0.2, 0.25) is 5.91 Å². The Hall–Kier alpha value is -2.54. The van der Waals surface area contributed by atoms with Crippen molar-refractivity contribution >= 4 is 39.1 Å². The lowest BCUT2D eigenvalue weighted by molar-refractivity contribution is -0.115. The molecule has 0 aliphatic rings. The Balaban J connectivity index is 1.87. The average Bonchev–Trinajstić information content (AvgIpc) is 2.53. The van der Waals surface area contributed by atoms with Gasteiger partial charge in [0.05, 0.1) is 6.42 Å². The van der Waals surface area contributed by atoms with Crippen LogP contribution in [0.4, 0.5) is 5.69 Å². The number of halogens is 1. The number of hydrazone groups is 1. The Morgan fingerprint density at radius 1 is 1.22 bits per heavy atom. The molecule has 0 bridgehead atoms. The second-order valence-corrected chi connectivity index (χ2v) is 5.67. The first-order valence-corrected chi connectivity index (χ1v) is 7.63. The van der Waals surface area contributed by atoms with Crippen LogP contribution >= 0.6 is 15.9 Å². The summed E-state index contributed by atoms with van der Waals surface area (Å²) in [5.41, 5.74) is 4.06. The van der Waals surface area contributed by atoms with Gasteiger partial charge in [-0.25, -0.2) is 5.43 Å². The minimum Gasteiger partial charge on any atom is -0.326 e. The van der Waals surface area contributed by atoms with Gasteiger partial charge >= 0.3 is 0 Å². The summed E-state index contributed by atoms with van der Waals surface area (Å²) in [6.07, 6.45) is 3.14. The van der Waals surface area contributed by atoms with E-state index in [1.165, 1.54) is 12.4 Å². The van der Waals surface area contributed by atoms with Crippen LogP contribution in [0.5, 0.6) is 0 Å². The molecule has 2 rings (SSSR count). The maximum Gasteiger partial charge on any atom is 0.271 e. The SMILES string of the molecule is C/C(CC(=O)Nc1cccc(Br)c1)=N/NC(=O)c1ccncc1. The maximum atomic E-state index is 11.9. The number of anilines is 1. The van der Waals surface area contributed by atoms with Crippen LogP contribution in [0.25, 0.3) is 0 Å². The molecule has 1 heterocycles. The molecule has 2 N–H and O–H groups in total. The van der Waals surface area contributed by atoms with Gasteiger partial charge in [-0.1, -0.05) is 22.0 Å². The van der Waals surface area contributed by atoms with Crippen molar-refractivity contribution < 1.29 is 9.59 Å². The molecule has 0 aliphatic carbocycles. The lowest BCUT2D eigenvalue weighted by Crippen LogP contribution is -2.21. The lowest BCUT2D eigenvalue weighted by atomic mass is 10.2. The van der Waals surface area contributed by atoms with Gasteiger partial charge in [0.25, 0.3) is 5.91 Å². The summed E-state index contributed by atoms with van der Waals surface area (Å²) in [4.78, 5) is 27.6. The maximum absolute atomic E-state index is 11.9. The Morgan fingerprint density at radius 2 is 1.96 bits per heavy atom. The van der Waals surface area contributed by atoms with Crippen LogP contribution in [0.1, 0.15) is 23.7 Å². The zero-order chi connectivity index (χ0) is 16.7. The smallest absolute Gasteiger partial charge is 0.271 e. The molecule has 0 unspecified atom stereocenters. The number of nitrogens with one attached hydrogen (secondary N) is 2. The highest BCUT2D eigenvalue weighted by Crippen LogP contribution is 2.15. The summed E-state index contributed by atoms with van der Waals surface area (Å²) in [6, 6.07) is 10.5. The van der Waals surface area contributed by atoms with Crippen LogP contribution in [0, 0.1) is 0 Å². The molecule has 1 aromatic carbocycles. The van der Waals surface area contributed by atoms with E-state index in [1.54, 1.807) is 31.2 Å². The normalized spacial score (nSPS) is 11.0. The quantitative estimate of drug-likeness (QED) is 0.623. The number of amides is 2. The number of hydrogen-bond donors (Lipinski definition) is 2. The fraction of sp³-hybridized carbons (Fsp3) is 0.125. The molecule has 2 amide bonds. The third-order valence-electron chi connectivity index (χ3n) is 2.82. The molecule has 2 aromatic rings. The number of carbonyl (C=O) groups excluding carboxylic acids is 2. The summed E-state index contributed by atoms with van der Waals surface area (Å²) < 4.78 is 0.880. The van der Waals surface area contributed by atoms with E-state index >= 15 is 0 Å². The Kier molecular flexibility index (Phi) is 5.99. The van der Waals surface area contributed by atoms with Crippen LogP contribution in [0.3, 0.4) is 0 Å². The molecule has 7 heteroatoms. The third kappa shape index (κ3) is 5.63. The van der Waals surface area contributed by atoms with Gasteiger partial charge in [0.15, 0.2) is 0 Å². The molecule has 0 radical (unpaired) electrons. The monoisotopic (exact) mass is 374 g/mol. The van der Waals surface area contributed by atoms with Gasteiger partial charge in [-0.3, -0.25) is 14.6 Å². The Morgan fingerprint density at radius 3 is 2.65 bits per heavy atom. The predicted octanol–water partition coefficient (Wildman–Crippen LogP) is 2.98. The molecule has 0 atom stereocenters. The van der Waals surface area contributed by atoms with E-state index in [1.807, 2.05) is 12.1 Å². The summed E-state index contributed by atoms with van der Waals surface area (Å²) in [5.74, 6) is -0.554. The largest absolute Gasteiger partial charge is 0.326 e. The van der Waals surface area contributed by atoms with Gasteiger partial charge < -0.3 is 5.32 Å². The van der Waals surface area contributed by atoms with Crippen molar-refractivity contribution in [3.63, 3.8) is 0 Å². The molecular weight excluding hydrogens is 360 g/mol. The zero-order valence-corrected chi connectivity index (χ0v) is 14.0. The van der Waals surface area contributed by atoms with Crippen molar-refractivity contribution in [1.29, 1.82) is 0 Å². The highest BCUT2D eigenvalue weighted by atomic mass is 79.9. The van der Waals surface area contributed by atoms with E-state index in [2.05, 4.69) is 36.8 Å². The number of pyridine rings is 1. The Bertz CT molecular complexity index is 732. The number of aromatic nitrogens is 1. The standard InChI is InChI=1S/C16H15BrN4O2/c1-11(20-21-16(23)12-5-7-18-8-6-12)9-15(22)19-14-4-2-3-13(17)10-14/h2-8,10H,9H2,1H3,(H,19,22)(H,21,23)/b20-11-. The molecule has 0 saturated heterocycles. The van der Waals surface area contributed by atoms with Crippen LogP contribution < -0.4 is 10.7 Å². The lowest BCUT2D eigenvalue weighted by Gasteiger charge is -2.06. The van der Waals surface area contributed by atoms with Gasteiger partial charge in [0, 0.05) is 33.8 Å². The van der Waals surface area contributed by atoms with E-state index in [0.29, 0.717) is 17.0 Å². The minimum absolute atomic E-state index is 0.0864. The molecule has 0 saturated carbocycles. The first-order valence-electron chi connectivity index (χ1n) is 6.83. The van der Waals surface area contributed by atoms with Crippen LogP contribution in [0.15, 0.2) is 58.4 Å². The van der Waals surface area contributed by atoms with Crippen molar-refractivity contribution in [2.24, 2.45) is 5.10 Å². The van der Waals surface area contributed by atoms with E-state index in [9.17, 15) is 9.59 Å². The molecule has 1 aromatic heterocycles. The topological polar surface area (TPSA) is 83.5 Å². The second-order valence-electron chi connectivity index (χ2n) is 4.76. The van der Waals surface area contributed by atoms with Crippen molar-refractivity contribution in [3.05, 3.63) is 58.8 Å². The van der Waals surface area contributed by atoms with Crippen LogP contribution in [-0.4, -0.2) is 22.5 Å². The molecular formula is C16H15BrN4O2. The van der Waals surface area contributed by atoms with Gasteiger partial charge in [-0.05, 0) is 37.3 Å². The van der Waals surface area contributed by atoms with Gasteiger partial charge in [-0.2, -0.15) is 5.10 Å². The van der Waals surface area contributed by atoms with Gasteiger partial charge in [-0.15, -0.1) is 0 Å². The van der Waals surface area contributed by atoms with E-state index in [4.69, 9.17) is 0 Å². The minimum atomic E-state index is -0.348. The van der Waals surface area contributed by atoms with Crippen LogP contribution in [-0.2, 0) is 4.79 Å².